The molecule has 1 aliphatic rings. The summed E-state index contributed by atoms with van der Waals surface area (Å²) in [6, 6.07) is 3.90. The lowest BCUT2D eigenvalue weighted by molar-refractivity contribution is -0.125. The largest absolute Gasteiger partial charge is 0.496 e. The van der Waals surface area contributed by atoms with Gasteiger partial charge in [-0.1, -0.05) is 0 Å². The molecule has 0 aromatic heterocycles. The molecule has 0 fully saturated rings. The van der Waals surface area contributed by atoms with Gasteiger partial charge in [0.2, 0.25) is 5.91 Å². The summed E-state index contributed by atoms with van der Waals surface area (Å²) in [5.41, 5.74) is 7.04. The first-order valence-electron chi connectivity index (χ1n) is 6.55. The molecule has 6 nitrogen and oxygen atoms in total. The van der Waals surface area contributed by atoms with E-state index in [1.807, 2.05) is 19.1 Å². The van der Waals surface area contributed by atoms with Gasteiger partial charge >= 0.3 is 0 Å². The SMILES string of the molecule is COc1cc2c(cc1CNCC(O)C(N)=O)OC(C)C2. The van der Waals surface area contributed by atoms with E-state index in [-0.39, 0.29) is 12.6 Å². The Bertz CT molecular complexity index is 504. The number of aliphatic hydroxyl groups is 1. The van der Waals surface area contributed by atoms with Gasteiger partial charge in [-0.2, -0.15) is 0 Å². The molecule has 2 unspecified atom stereocenters. The van der Waals surface area contributed by atoms with Crippen molar-refractivity contribution in [1.29, 1.82) is 0 Å². The molecule has 0 bridgehead atoms. The Hall–Kier alpha value is -1.79. The zero-order valence-corrected chi connectivity index (χ0v) is 11.7. The lowest BCUT2D eigenvalue weighted by Gasteiger charge is -2.13. The second kappa shape index (κ2) is 6.11. The lowest BCUT2D eigenvalue weighted by atomic mass is 10.1. The Labute approximate surface area is 117 Å². The first-order chi connectivity index (χ1) is 9.51. The number of carbonyl (C=O) groups is 1. The van der Waals surface area contributed by atoms with Gasteiger partial charge < -0.3 is 25.6 Å². The first-order valence-corrected chi connectivity index (χ1v) is 6.55. The fraction of sp³-hybridized carbons (Fsp3) is 0.500. The summed E-state index contributed by atoms with van der Waals surface area (Å²) < 4.78 is 11.1. The summed E-state index contributed by atoms with van der Waals surface area (Å²) in [6.45, 7) is 2.58. The number of methoxy groups -OCH3 is 1. The van der Waals surface area contributed by atoms with E-state index in [1.165, 1.54) is 0 Å². The van der Waals surface area contributed by atoms with Crippen molar-refractivity contribution in [3.8, 4) is 11.5 Å². The molecule has 2 rings (SSSR count). The highest BCUT2D eigenvalue weighted by molar-refractivity contribution is 5.78. The van der Waals surface area contributed by atoms with E-state index in [0.29, 0.717) is 6.54 Å². The normalized spacial score (nSPS) is 18.2. The molecule has 0 radical (unpaired) electrons. The number of carbonyl (C=O) groups excluding carboxylic acids is 1. The van der Waals surface area contributed by atoms with E-state index in [1.54, 1.807) is 7.11 Å². The number of nitrogens with one attached hydrogen (secondary N) is 1. The van der Waals surface area contributed by atoms with E-state index in [2.05, 4.69) is 5.32 Å². The Morgan fingerprint density at radius 3 is 3.05 bits per heavy atom. The molecule has 0 saturated heterocycles. The number of hydrogen-bond donors (Lipinski definition) is 3. The molecule has 1 aromatic rings. The molecule has 0 aliphatic carbocycles. The molecule has 20 heavy (non-hydrogen) atoms. The van der Waals surface area contributed by atoms with Gasteiger partial charge in [0.1, 0.15) is 23.7 Å². The second-order valence-corrected chi connectivity index (χ2v) is 4.95. The van der Waals surface area contributed by atoms with Gasteiger partial charge in [0.25, 0.3) is 0 Å². The number of primary amides is 1. The second-order valence-electron chi connectivity index (χ2n) is 4.95. The van der Waals surface area contributed by atoms with Crippen molar-refractivity contribution >= 4 is 5.91 Å². The van der Waals surface area contributed by atoms with Crippen molar-refractivity contribution in [1.82, 2.24) is 5.32 Å². The van der Waals surface area contributed by atoms with E-state index in [0.717, 1.165) is 29.0 Å². The highest BCUT2D eigenvalue weighted by Gasteiger charge is 2.21. The third-order valence-electron chi connectivity index (χ3n) is 3.28. The predicted molar refractivity (Wildman–Crippen MR) is 73.7 cm³/mol. The maximum atomic E-state index is 10.7. The fourth-order valence-corrected chi connectivity index (χ4v) is 2.25. The monoisotopic (exact) mass is 280 g/mol. The van der Waals surface area contributed by atoms with Crippen LogP contribution in [-0.2, 0) is 17.8 Å². The third-order valence-corrected chi connectivity index (χ3v) is 3.28. The van der Waals surface area contributed by atoms with Gasteiger partial charge in [0.05, 0.1) is 7.11 Å². The van der Waals surface area contributed by atoms with Gasteiger partial charge in [0.15, 0.2) is 0 Å². The smallest absolute Gasteiger partial charge is 0.247 e. The van der Waals surface area contributed by atoms with E-state index >= 15 is 0 Å². The zero-order chi connectivity index (χ0) is 14.7. The van der Waals surface area contributed by atoms with Crippen molar-refractivity contribution < 1.29 is 19.4 Å². The van der Waals surface area contributed by atoms with Crippen LogP contribution in [0.15, 0.2) is 12.1 Å². The molecule has 1 aliphatic heterocycles. The van der Waals surface area contributed by atoms with Gasteiger partial charge in [-0.05, 0) is 19.1 Å². The lowest BCUT2D eigenvalue weighted by Crippen LogP contribution is -2.37. The van der Waals surface area contributed by atoms with Crippen LogP contribution in [0.5, 0.6) is 11.5 Å². The fourth-order valence-electron chi connectivity index (χ4n) is 2.25. The molecular formula is C14H20N2O4. The number of amides is 1. The van der Waals surface area contributed by atoms with Gasteiger partial charge in [-0.15, -0.1) is 0 Å². The highest BCUT2D eigenvalue weighted by Crippen LogP contribution is 2.34. The van der Waals surface area contributed by atoms with Crippen LogP contribution < -0.4 is 20.5 Å². The molecule has 1 amide bonds. The minimum Gasteiger partial charge on any atom is -0.496 e. The minimum atomic E-state index is -1.19. The van der Waals surface area contributed by atoms with Crippen molar-refractivity contribution in [3.05, 3.63) is 23.3 Å². The molecule has 0 spiro atoms. The molecule has 1 aromatic carbocycles. The van der Waals surface area contributed by atoms with Crippen LogP contribution >= 0.6 is 0 Å². The van der Waals surface area contributed by atoms with Crippen LogP contribution in [0, 0.1) is 0 Å². The maximum absolute atomic E-state index is 10.7. The molecule has 110 valence electrons. The summed E-state index contributed by atoms with van der Waals surface area (Å²) in [4.78, 5) is 10.7. The van der Waals surface area contributed by atoms with Gasteiger partial charge in [0, 0.05) is 30.6 Å². The van der Waals surface area contributed by atoms with E-state index in [4.69, 9.17) is 15.2 Å². The average molecular weight is 280 g/mol. The number of benzene rings is 1. The van der Waals surface area contributed by atoms with Crippen molar-refractivity contribution in [2.24, 2.45) is 5.73 Å². The zero-order valence-electron chi connectivity index (χ0n) is 11.7. The summed E-state index contributed by atoms with van der Waals surface area (Å²) in [5, 5.41) is 12.3. The van der Waals surface area contributed by atoms with Crippen LogP contribution in [0.3, 0.4) is 0 Å². The number of ether oxygens (including phenoxy) is 2. The molecule has 2 atom stereocenters. The number of hydrogen-bond acceptors (Lipinski definition) is 5. The quantitative estimate of drug-likeness (QED) is 0.679. The van der Waals surface area contributed by atoms with Crippen LogP contribution in [0.1, 0.15) is 18.1 Å². The Kier molecular flexibility index (Phi) is 4.46. The van der Waals surface area contributed by atoms with Crippen molar-refractivity contribution in [2.75, 3.05) is 13.7 Å². The van der Waals surface area contributed by atoms with Gasteiger partial charge in [-0.25, -0.2) is 0 Å². The standard InChI is InChI=1S/C14H20N2O4/c1-8-3-9-4-12(19-2)10(5-13(9)20-8)6-16-7-11(17)14(15)18/h4-5,8,11,16-17H,3,6-7H2,1-2H3,(H2,15,18). The average Bonchev–Trinajstić information content (AvgIpc) is 2.76. The Balaban J connectivity index is 2.04. The van der Waals surface area contributed by atoms with Crippen LogP contribution in [0.25, 0.3) is 0 Å². The van der Waals surface area contributed by atoms with Crippen LogP contribution in [-0.4, -0.2) is 36.9 Å². The Morgan fingerprint density at radius 2 is 2.40 bits per heavy atom. The maximum Gasteiger partial charge on any atom is 0.247 e. The first kappa shape index (κ1) is 14.6. The molecule has 6 heteroatoms. The van der Waals surface area contributed by atoms with E-state index < -0.39 is 12.0 Å². The molecular weight excluding hydrogens is 260 g/mol. The number of nitrogens with two attached hydrogens (primary N) is 1. The summed E-state index contributed by atoms with van der Waals surface area (Å²) in [6.07, 6.45) is -0.138. The van der Waals surface area contributed by atoms with Crippen molar-refractivity contribution in [3.63, 3.8) is 0 Å². The summed E-state index contributed by atoms with van der Waals surface area (Å²) >= 11 is 0. The summed E-state index contributed by atoms with van der Waals surface area (Å²) in [5.74, 6) is 0.892. The molecule has 4 N–H and O–H groups in total. The Morgan fingerprint density at radius 1 is 1.65 bits per heavy atom. The molecule has 0 saturated carbocycles. The molecule has 1 heterocycles. The van der Waals surface area contributed by atoms with Crippen molar-refractivity contribution in [2.45, 2.75) is 32.1 Å². The third kappa shape index (κ3) is 3.20. The number of aliphatic hydroxyl groups excluding tert-OH is 1. The van der Waals surface area contributed by atoms with E-state index in [9.17, 15) is 9.90 Å². The van der Waals surface area contributed by atoms with Gasteiger partial charge in [-0.3, -0.25) is 4.79 Å². The van der Waals surface area contributed by atoms with Crippen LogP contribution in [0.4, 0.5) is 0 Å². The number of rotatable bonds is 6. The topological polar surface area (TPSA) is 93.8 Å². The number of fused-ring (bicyclic) bond motifs is 1. The predicted octanol–water partition coefficient (Wildman–Crippen LogP) is -0.0456. The highest BCUT2D eigenvalue weighted by atomic mass is 16.5. The summed E-state index contributed by atoms with van der Waals surface area (Å²) in [7, 11) is 1.61. The van der Waals surface area contributed by atoms with Crippen LogP contribution in [0.2, 0.25) is 0 Å². The minimum absolute atomic E-state index is 0.104.